The van der Waals surface area contributed by atoms with Gasteiger partial charge in [0.25, 0.3) is 5.91 Å². The summed E-state index contributed by atoms with van der Waals surface area (Å²) in [6, 6.07) is 5.15. The number of amides is 1. The lowest BCUT2D eigenvalue weighted by Gasteiger charge is -2.12. The largest absolute Gasteiger partial charge is 0.493 e. The van der Waals surface area contributed by atoms with E-state index in [4.69, 9.17) is 19.9 Å². The van der Waals surface area contributed by atoms with Crippen molar-refractivity contribution >= 4 is 5.91 Å². The molecule has 0 saturated carbocycles. The fraction of sp³-hybridized carbons (Fsp3) is 0.462. The van der Waals surface area contributed by atoms with Gasteiger partial charge in [0.15, 0.2) is 11.5 Å². The van der Waals surface area contributed by atoms with E-state index in [9.17, 15) is 4.79 Å². The average molecular weight is 268 g/mol. The molecule has 0 atom stereocenters. The standard InChI is InChI=1S/C13H20N2O4/c1-17-11-5-3-4-10(12(11)18-2)13(16)15-7-9-19-8-6-14/h3-5H,6-9,14H2,1-2H3,(H,15,16). The van der Waals surface area contributed by atoms with Crippen LogP contribution in [0.4, 0.5) is 0 Å². The normalized spacial score (nSPS) is 10.1. The van der Waals surface area contributed by atoms with E-state index >= 15 is 0 Å². The third-order valence-corrected chi connectivity index (χ3v) is 2.44. The zero-order valence-corrected chi connectivity index (χ0v) is 11.3. The number of methoxy groups -OCH3 is 2. The monoisotopic (exact) mass is 268 g/mol. The number of hydrogen-bond donors (Lipinski definition) is 2. The smallest absolute Gasteiger partial charge is 0.255 e. The van der Waals surface area contributed by atoms with Crippen molar-refractivity contribution in [2.75, 3.05) is 40.5 Å². The summed E-state index contributed by atoms with van der Waals surface area (Å²) >= 11 is 0. The first kappa shape index (κ1) is 15.3. The Morgan fingerprint density at radius 3 is 2.68 bits per heavy atom. The highest BCUT2D eigenvalue weighted by atomic mass is 16.5. The van der Waals surface area contributed by atoms with Crippen LogP contribution in [-0.4, -0.2) is 46.4 Å². The number of nitrogens with two attached hydrogens (primary N) is 1. The molecule has 0 aliphatic rings. The number of carbonyl (C=O) groups is 1. The molecule has 0 saturated heterocycles. The summed E-state index contributed by atoms with van der Waals surface area (Å²) in [6.45, 7) is 1.80. The molecule has 0 fully saturated rings. The van der Waals surface area contributed by atoms with Gasteiger partial charge in [0.1, 0.15) is 0 Å². The maximum Gasteiger partial charge on any atom is 0.255 e. The molecule has 0 radical (unpaired) electrons. The van der Waals surface area contributed by atoms with Gasteiger partial charge in [0.2, 0.25) is 0 Å². The van der Waals surface area contributed by atoms with E-state index in [0.29, 0.717) is 43.4 Å². The van der Waals surface area contributed by atoms with Crippen molar-refractivity contribution in [1.29, 1.82) is 0 Å². The summed E-state index contributed by atoms with van der Waals surface area (Å²) in [5, 5.41) is 2.74. The van der Waals surface area contributed by atoms with Gasteiger partial charge in [-0.3, -0.25) is 4.79 Å². The van der Waals surface area contributed by atoms with Crippen LogP contribution < -0.4 is 20.5 Å². The van der Waals surface area contributed by atoms with E-state index in [1.807, 2.05) is 0 Å². The molecule has 6 heteroatoms. The van der Waals surface area contributed by atoms with Crippen LogP contribution >= 0.6 is 0 Å². The second-order valence-electron chi connectivity index (χ2n) is 3.70. The molecular weight excluding hydrogens is 248 g/mol. The van der Waals surface area contributed by atoms with Crippen molar-refractivity contribution in [1.82, 2.24) is 5.32 Å². The van der Waals surface area contributed by atoms with Crippen LogP contribution in [0, 0.1) is 0 Å². The van der Waals surface area contributed by atoms with Gasteiger partial charge in [-0.15, -0.1) is 0 Å². The number of hydrogen-bond acceptors (Lipinski definition) is 5. The van der Waals surface area contributed by atoms with Gasteiger partial charge in [0.05, 0.1) is 33.0 Å². The lowest BCUT2D eigenvalue weighted by atomic mass is 10.1. The molecule has 1 aromatic rings. The molecule has 106 valence electrons. The number of benzene rings is 1. The van der Waals surface area contributed by atoms with E-state index in [0.717, 1.165) is 0 Å². The highest BCUT2D eigenvalue weighted by Gasteiger charge is 2.15. The molecule has 1 aromatic carbocycles. The highest BCUT2D eigenvalue weighted by molar-refractivity contribution is 5.97. The number of nitrogens with one attached hydrogen (secondary N) is 1. The molecule has 0 bridgehead atoms. The van der Waals surface area contributed by atoms with Crippen molar-refractivity contribution in [3.05, 3.63) is 23.8 Å². The van der Waals surface area contributed by atoms with Crippen molar-refractivity contribution in [2.24, 2.45) is 5.73 Å². The van der Waals surface area contributed by atoms with E-state index in [1.165, 1.54) is 14.2 Å². The fourth-order valence-corrected chi connectivity index (χ4v) is 1.58. The summed E-state index contributed by atoms with van der Waals surface area (Å²) in [5.74, 6) is 0.715. The van der Waals surface area contributed by atoms with E-state index in [2.05, 4.69) is 5.32 Å². The quantitative estimate of drug-likeness (QED) is 0.667. The molecule has 0 aromatic heterocycles. The van der Waals surface area contributed by atoms with Crippen LogP contribution in [0.25, 0.3) is 0 Å². The topological polar surface area (TPSA) is 82.8 Å². The minimum atomic E-state index is -0.230. The minimum Gasteiger partial charge on any atom is -0.493 e. The minimum absolute atomic E-state index is 0.230. The molecular formula is C13H20N2O4. The lowest BCUT2D eigenvalue weighted by molar-refractivity contribution is 0.0916. The molecule has 6 nitrogen and oxygen atoms in total. The first-order chi connectivity index (χ1) is 9.24. The number of carbonyl (C=O) groups excluding carboxylic acids is 1. The van der Waals surface area contributed by atoms with Gasteiger partial charge in [-0.25, -0.2) is 0 Å². The summed E-state index contributed by atoms with van der Waals surface area (Å²) in [7, 11) is 3.03. The first-order valence-electron chi connectivity index (χ1n) is 6.01. The summed E-state index contributed by atoms with van der Waals surface area (Å²) < 4.78 is 15.5. The predicted octanol–water partition coefficient (Wildman–Crippen LogP) is 0.409. The number of ether oxygens (including phenoxy) is 3. The Hall–Kier alpha value is -1.79. The molecule has 0 heterocycles. The van der Waals surface area contributed by atoms with Crippen molar-refractivity contribution in [3.8, 4) is 11.5 Å². The molecule has 0 unspecified atom stereocenters. The van der Waals surface area contributed by atoms with Crippen LogP contribution in [0.5, 0.6) is 11.5 Å². The molecule has 1 rings (SSSR count). The van der Waals surface area contributed by atoms with Gasteiger partial charge >= 0.3 is 0 Å². The SMILES string of the molecule is COc1cccc(C(=O)NCCOCCN)c1OC. The van der Waals surface area contributed by atoms with E-state index in [1.54, 1.807) is 18.2 Å². The summed E-state index contributed by atoms with van der Waals surface area (Å²) in [5.41, 5.74) is 5.72. The zero-order valence-electron chi connectivity index (χ0n) is 11.3. The van der Waals surface area contributed by atoms with Gasteiger partial charge in [-0.2, -0.15) is 0 Å². The second kappa shape index (κ2) is 8.34. The fourth-order valence-electron chi connectivity index (χ4n) is 1.58. The Morgan fingerprint density at radius 1 is 1.26 bits per heavy atom. The van der Waals surface area contributed by atoms with Crippen molar-refractivity contribution < 1.29 is 19.0 Å². The van der Waals surface area contributed by atoms with E-state index < -0.39 is 0 Å². The maximum absolute atomic E-state index is 12.0. The van der Waals surface area contributed by atoms with Gasteiger partial charge in [0, 0.05) is 13.1 Å². The molecule has 3 N–H and O–H groups in total. The van der Waals surface area contributed by atoms with Gasteiger partial charge in [-0.1, -0.05) is 6.07 Å². The van der Waals surface area contributed by atoms with E-state index in [-0.39, 0.29) is 5.91 Å². The van der Waals surface area contributed by atoms with Crippen LogP contribution in [0.2, 0.25) is 0 Å². The summed E-state index contributed by atoms with van der Waals surface area (Å²) in [4.78, 5) is 12.0. The van der Waals surface area contributed by atoms with Gasteiger partial charge in [-0.05, 0) is 12.1 Å². The molecule has 19 heavy (non-hydrogen) atoms. The van der Waals surface area contributed by atoms with Crippen molar-refractivity contribution in [3.63, 3.8) is 0 Å². The third-order valence-electron chi connectivity index (χ3n) is 2.44. The Balaban J connectivity index is 2.61. The Labute approximate surface area is 112 Å². The average Bonchev–Trinajstić information content (AvgIpc) is 2.45. The Bertz CT molecular complexity index is 410. The van der Waals surface area contributed by atoms with Crippen LogP contribution in [0.1, 0.15) is 10.4 Å². The maximum atomic E-state index is 12.0. The zero-order chi connectivity index (χ0) is 14.1. The summed E-state index contributed by atoms with van der Waals surface area (Å²) in [6.07, 6.45) is 0. The van der Waals surface area contributed by atoms with Gasteiger partial charge < -0.3 is 25.3 Å². The number of rotatable bonds is 8. The predicted molar refractivity (Wildman–Crippen MR) is 71.8 cm³/mol. The Kier molecular flexibility index (Phi) is 6.70. The lowest BCUT2D eigenvalue weighted by Crippen LogP contribution is -2.28. The third kappa shape index (κ3) is 4.42. The molecule has 1 amide bonds. The Morgan fingerprint density at radius 2 is 2.05 bits per heavy atom. The van der Waals surface area contributed by atoms with Crippen LogP contribution in [-0.2, 0) is 4.74 Å². The first-order valence-corrected chi connectivity index (χ1v) is 6.01. The second-order valence-corrected chi connectivity index (χ2v) is 3.70. The number of para-hydroxylation sites is 1. The molecule has 0 aliphatic carbocycles. The molecule has 0 aliphatic heterocycles. The highest BCUT2D eigenvalue weighted by Crippen LogP contribution is 2.30. The van der Waals surface area contributed by atoms with Crippen LogP contribution in [0.3, 0.4) is 0 Å². The van der Waals surface area contributed by atoms with Crippen molar-refractivity contribution in [2.45, 2.75) is 0 Å². The molecule has 0 spiro atoms. The van der Waals surface area contributed by atoms with Crippen LogP contribution in [0.15, 0.2) is 18.2 Å².